The minimum Gasteiger partial charge on any atom is -0.384 e. The number of pyridine rings is 1. The fraction of sp³-hybridized carbons (Fsp3) is 0.312. The first-order chi connectivity index (χ1) is 10.5. The third kappa shape index (κ3) is 2.43. The van der Waals surface area contributed by atoms with Crippen molar-refractivity contribution in [1.82, 2.24) is 4.98 Å². The quantitative estimate of drug-likeness (QED) is 0.941. The second kappa shape index (κ2) is 5.61. The molecular weight excluding hydrogens is 298 g/mol. The molecule has 0 saturated heterocycles. The number of hydrogen-bond donors (Lipinski definition) is 1. The summed E-state index contributed by atoms with van der Waals surface area (Å²) in [7, 11) is -3.61. The van der Waals surface area contributed by atoms with Crippen LogP contribution in [0, 0.1) is 0 Å². The number of fused-ring (bicyclic) bond motifs is 1. The largest absolute Gasteiger partial charge is 0.384 e. The van der Waals surface area contributed by atoms with Gasteiger partial charge in [-0.2, -0.15) is 0 Å². The Bertz CT molecular complexity index is 789. The highest BCUT2D eigenvalue weighted by Gasteiger charge is 2.36. The molecule has 2 aromatic rings. The van der Waals surface area contributed by atoms with Gasteiger partial charge < -0.3 is 5.32 Å². The van der Waals surface area contributed by atoms with Crippen molar-refractivity contribution >= 4 is 21.4 Å². The van der Waals surface area contributed by atoms with Crippen molar-refractivity contribution < 1.29 is 8.42 Å². The predicted molar refractivity (Wildman–Crippen MR) is 87.7 cm³/mol. The molecule has 0 amide bonds. The van der Waals surface area contributed by atoms with Crippen LogP contribution in [0.5, 0.6) is 0 Å². The van der Waals surface area contributed by atoms with Crippen molar-refractivity contribution in [3.8, 4) is 0 Å². The molecule has 1 atom stereocenters. The second-order valence-corrected chi connectivity index (χ2v) is 7.24. The number of hydrogen-bond acceptors (Lipinski definition) is 4. The van der Waals surface area contributed by atoms with Gasteiger partial charge in [0.25, 0.3) is 10.0 Å². The molecule has 0 spiro atoms. The maximum atomic E-state index is 13.0. The molecule has 1 N–H and O–H groups in total. The number of para-hydroxylation sites is 1. The minimum atomic E-state index is -3.61. The highest BCUT2D eigenvalue weighted by atomic mass is 32.2. The van der Waals surface area contributed by atoms with Crippen molar-refractivity contribution in [3.63, 3.8) is 0 Å². The number of sulfonamides is 1. The van der Waals surface area contributed by atoms with Crippen LogP contribution in [0.2, 0.25) is 0 Å². The zero-order chi connectivity index (χ0) is 15.7. The zero-order valence-electron chi connectivity index (χ0n) is 12.7. The van der Waals surface area contributed by atoms with Crippen LogP contribution < -0.4 is 9.62 Å². The van der Waals surface area contributed by atoms with E-state index in [4.69, 9.17) is 0 Å². The lowest BCUT2D eigenvalue weighted by atomic mass is 10.1. The topological polar surface area (TPSA) is 62.3 Å². The third-order valence-electron chi connectivity index (χ3n) is 3.80. The van der Waals surface area contributed by atoms with E-state index in [1.165, 1.54) is 10.5 Å². The van der Waals surface area contributed by atoms with Crippen LogP contribution in [0.1, 0.15) is 19.4 Å². The molecule has 1 aromatic carbocycles. The number of aromatic nitrogens is 1. The standard InChI is InChI=1S/C16H19N3O2S/c1-3-18-14-9-15(11-17-10-14)22(20,21)19-12(2)8-13-6-4-5-7-16(13)19/h4-7,9-12,18H,3,8H2,1-2H3. The minimum absolute atomic E-state index is 0.0924. The van der Waals surface area contributed by atoms with Crippen molar-refractivity contribution in [3.05, 3.63) is 48.3 Å². The molecule has 1 aromatic heterocycles. The van der Waals surface area contributed by atoms with E-state index in [0.717, 1.165) is 17.7 Å². The van der Waals surface area contributed by atoms with Gasteiger partial charge in [-0.3, -0.25) is 9.29 Å². The van der Waals surface area contributed by atoms with E-state index in [9.17, 15) is 8.42 Å². The first-order valence-electron chi connectivity index (χ1n) is 7.35. The number of benzene rings is 1. The van der Waals surface area contributed by atoms with E-state index in [2.05, 4.69) is 10.3 Å². The molecule has 1 aliphatic rings. The van der Waals surface area contributed by atoms with Crippen LogP contribution in [-0.2, 0) is 16.4 Å². The molecular formula is C16H19N3O2S. The van der Waals surface area contributed by atoms with Crippen molar-refractivity contribution in [1.29, 1.82) is 0 Å². The lowest BCUT2D eigenvalue weighted by Crippen LogP contribution is -2.35. The van der Waals surface area contributed by atoms with Gasteiger partial charge in [0.15, 0.2) is 0 Å². The fourth-order valence-corrected chi connectivity index (χ4v) is 4.56. The van der Waals surface area contributed by atoms with Gasteiger partial charge in [-0.15, -0.1) is 0 Å². The molecule has 6 heteroatoms. The Morgan fingerprint density at radius 2 is 2.09 bits per heavy atom. The SMILES string of the molecule is CCNc1cncc(S(=O)(=O)N2c3ccccc3CC2C)c1. The first kappa shape index (κ1) is 14.8. The van der Waals surface area contributed by atoms with E-state index in [-0.39, 0.29) is 10.9 Å². The molecule has 1 aliphatic heterocycles. The molecule has 3 rings (SSSR count). The third-order valence-corrected chi connectivity index (χ3v) is 5.69. The summed E-state index contributed by atoms with van der Waals surface area (Å²) in [6.07, 6.45) is 3.77. The number of nitrogens with one attached hydrogen (secondary N) is 1. The summed E-state index contributed by atoms with van der Waals surface area (Å²) in [4.78, 5) is 4.27. The Kier molecular flexibility index (Phi) is 3.78. The van der Waals surface area contributed by atoms with Gasteiger partial charge in [0.05, 0.1) is 17.6 Å². The summed E-state index contributed by atoms with van der Waals surface area (Å²) in [6.45, 7) is 4.60. The molecule has 1 unspecified atom stereocenters. The molecule has 5 nitrogen and oxygen atoms in total. The lowest BCUT2D eigenvalue weighted by Gasteiger charge is -2.24. The molecule has 0 bridgehead atoms. The number of anilines is 2. The highest BCUT2D eigenvalue weighted by molar-refractivity contribution is 7.92. The van der Waals surface area contributed by atoms with Crippen molar-refractivity contribution in [2.45, 2.75) is 31.2 Å². The number of nitrogens with zero attached hydrogens (tertiary/aromatic N) is 2. The van der Waals surface area contributed by atoms with Gasteiger partial charge in [0.1, 0.15) is 4.90 Å². The van der Waals surface area contributed by atoms with E-state index in [1.54, 1.807) is 12.3 Å². The molecule has 22 heavy (non-hydrogen) atoms. The Labute approximate surface area is 131 Å². The van der Waals surface area contributed by atoms with E-state index in [1.807, 2.05) is 38.1 Å². The van der Waals surface area contributed by atoms with Crippen LogP contribution in [0.4, 0.5) is 11.4 Å². The maximum Gasteiger partial charge on any atom is 0.266 e. The summed E-state index contributed by atoms with van der Waals surface area (Å²) in [6, 6.07) is 9.19. The Hall–Kier alpha value is -2.08. The smallest absolute Gasteiger partial charge is 0.266 e. The van der Waals surface area contributed by atoms with Gasteiger partial charge in [0, 0.05) is 18.8 Å². The summed E-state index contributed by atoms with van der Waals surface area (Å²) in [5.74, 6) is 0. The normalized spacial score (nSPS) is 17.4. The predicted octanol–water partition coefficient (Wildman–Crippen LogP) is 2.65. The first-order valence-corrected chi connectivity index (χ1v) is 8.79. The van der Waals surface area contributed by atoms with E-state index in [0.29, 0.717) is 12.2 Å². The summed E-state index contributed by atoms with van der Waals surface area (Å²) in [5, 5.41) is 3.10. The summed E-state index contributed by atoms with van der Waals surface area (Å²) < 4.78 is 27.6. The van der Waals surface area contributed by atoms with Crippen molar-refractivity contribution in [2.75, 3.05) is 16.2 Å². The highest BCUT2D eigenvalue weighted by Crippen LogP contribution is 2.36. The summed E-state index contributed by atoms with van der Waals surface area (Å²) in [5.41, 5.74) is 2.54. The Balaban J connectivity index is 2.05. The van der Waals surface area contributed by atoms with Crippen LogP contribution in [-0.4, -0.2) is 26.0 Å². The molecule has 2 heterocycles. The molecule has 0 aliphatic carbocycles. The second-order valence-electron chi connectivity index (χ2n) is 5.42. The molecule has 0 radical (unpaired) electrons. The molecule has 116 valence electrons. The van der Waals surface area contributed by atoms with Gasteiger partial charge in [-0.05, 0) is 38.0 Å². The average Bonchev–Trinajstić information content (AvgIpc) is 2.84. The van der Waals surface area contributed by atoms with Gasteiger partial charge >= 0.3 is 0 Å². The van der Waals surface area contributed by atoms with Crippen LogP contribution in [0.15, 0.2) is 47.6 Å². The maximum absolute atomic E-state index is 13.0. The van der Waals surface area contributed by atoms with Crippen molar-refractivity contribution in [2.24, 2.45) is 0 Å². The Morgan fingerprint density at radius 1 is 1.32 bits per heavy atom. The summed E-state index contributed by atoms with van der Waals surface area (Å²) >= 11 is 0. The molecule has 0 saturated carbocycles. The zero-order valence-corrected chi connectivity index (χ0v) is 13.5. The van der Waals surface area contributed by atoms with E-state index >= 15 is 0 Å². The fourth-order valence-electron chi connectivity index (χ4n) is 2.88. The van der Waals surface area contributed by atoms with E-state index < -0.39 is 10.0 Å². The Morgan fingerprint density at radius 3 is 2.86 bits per heavy atom. The monoisotopic (exact) mass is 317 g/mol. The van der Waals surface area contributed by atoms with Crippen LogP contribution in [0.25, 0.3) is 0 Å². The number of rotatable bonds is 4. The lowest BCUT2D eigenvalue weighted by molar-refractivity contribution is 0.584. The van der Waals surface area contributed by atoms with Gasteiger partial charge in [-0.1, -0.05) is 18.2 Å². The van der Waals surface area contributed by atoms with Crippen LogP contribution in [0.3, 0.4) is 0 Å². The molecule has 0 fully saturated rings. The average molecular weight is 317 g/mol. The van der Waals surface area contributed by atoms with Gasteiger partial charge in [-0.25, -0.2) is 8.42 Å². The van der Waals surface area contributed by atoms with Gasteiger partial charge in [0.2, 0.25) is 0 Å². The van der Waals surface area contributed by atoms with Crippen LogP contribution >= 0.6 is 0 Å².